The SMILES string of the molecule is CCn1cc(-c2ccc(F)cc2)c(-c2ccc(S(C)(=O)=O)cc2)n1. The van der Waals surface area contributed by atoms with Crippen LogP contribution in [0.2, 0.25) is 0 Å². The van der Waals surface area contributed by atoms with E-state index in [0.29, 0.717) is 6.54 Å². The Kier molecular flexibility index (Phi) is 4.24. The van der Waals surface area contributed by atoms with Crippen LogP contribution in [-0.4, -0.2) is 24.5 Å². The second-order valence-corrected chi connectivity index (χ2v) is 7.57. The summed E-state index contributed by atoms with van der Waals surface area (Å²) in [4.78, 5) is 0.268. The van der Waals surface area contributed by atoms with Gasteiger partial charge in [0.1, 0.15) is 11.5 Å². The molecule has 0 saturated carbocycles. The molecule has 1 heterocycles. The Bertz CT molecular complexity index is 959. The molecule has 0 spiro atoms. The molecule has 0 aliphatic rings. The number of sulfone groups is 1. The highest BCUT2D eigenvalue weighted by Gasteiger charge is 2.14. The molecule has 0 atom stereocenters. The first-order chi connectivity index (χ1) is 11.4. The lowest BCUT2D eigenvalue weighted by Gasteiger charge is -2.04. The second kappa shape index (κ2) is 6.20. The summed E-state index contributed by atoms with van der Waals surface area (Å²) in [5, 5.41) is 4.56. The molecule has 0 aliphatic heterocycles. The maximum absolute atomic E-state index is 13.2. The fourth-order valence-corrected chi connectivity index (χ4v) is 3.13. The van der Waals surface area contributed by atoms with Gasteiger partial charge in [-0.2, -0.15) is 5.10 Å². The van der Waals surface area contributed by atoms with Crippen molar-refractivity contribution in [3.05, 3.63) is 60.5 Å². The van der Waals surface area contributed by atoms with Crippen LogP contribution in [0.4, 0.5) is 4.39 Å². The van der Waals surface area contributed by atoms with E-state index in [9.17, 15) is 12.8 Å². The first-order valence-electron chi connectivity index (χ1n) is 7.52. The summed E-state index contributed by atoms with van der Waals surface area (Å²) >= 11 is 0. The van der Waals surface area contributed by atoms with Crippen molar-refractivity contribution < 1.29 is 12.8 Å². The molecule has 4 nitrogen and oxygen atoms in total. The summed E-state index contributed by atoms with van der Waals surface area (Å²) in [7, 11) is -3.24. The van der Waals surface area contributed by atoms with E-state index in [0.717, 1.165) is 22.4 Å². The lowest BCUT2D eigenvalue weighted by Crippen LogP contribution is -1.97. The number of hydrogen-bond donors (Lipinski definition) is 0. The second-order valence-electron chi connectivity index (χ2n) is 5.55. The minimum Gasteiger partial charge on any atom is -0.272 e. The first-order valence-corrected chi connectivity index (χ1v) is 9.41. The van der Waals surface area contributed by atoms with Crippen molar-refractivity contribution in [1.29, 1.82) is 0 Å². The minimum atomic E-state index is -3.24. The highest BCUT2D eigenvalue weighted by molar-refractivity contribution is 7.90. The van der Waals surface area contributed by atoms with E-state index in [1.165, 1.54) is 18.4 Å². The summed E-state index contributed by atoms with van der Waals surface area (Å²) in [6.07, 6.45) is 3.09. The van der Waals surface area contributed by atoms with E-state index in [4.69, 9.17) is 0 Å². The lowest BCUT2D eigenvalue weighted by atomic mass is 10.0. The smallest absolute Gasteiger partial charge is 0.175 e. The third kappa shape index (κ3) is 3.23. The Labute approximate surface area is 140 Å². The van der Waals surface area contributed by atoms with E-state index < -0.39 is 9.84 Å². The van der Waals surface area contributed by atoms with Crippen LogP contribution in [0.1, 0.15) is 6.92 Å². The van der Waals surface area contributed by atoms with Crippen LogP contribution < -0.4 is 0 Å². The van der Waals surface area contributed by atoms with Gasteiger partial charge in [0, 0.05) is 30.1 Å². The number of benzene rings is 2. The Balaban J connectivity index is 2.10. The average Bonchev–Trinajstić information content (AvgIpc) is 2.99. The molecule has 3 rings (SSSR count). The summed E-state index contributed by atoms with van der Waals surface area (Å²) in [5.41, 5.74) is 3.29. The van der Waals surface area contributed by atoms with Crippen molar-refractivity contribution in [2.45, 2.75) is 18.4 Å². The molecule has 0 N–H and O–H groups in total. The maximum Gasteiger partial charge on any atom is 0.175 e. The quantitative estimate of drug-likeness (QED) is 0.724. The standard InChI is InChI=1S/C18H17FN2O2S/c1-3-21-12-17(13-4-8-15(19)9-5-13)18(20-21)14-6-10-16(11-7-14)24(2,22)23/h4-12H,3H2,1-2H3. The van der Waals surface area contributed by atoms with Gasteiger partial charge in [-0.1, -0.05) is 24.3 Å². The zero-order chi connectivity index (χ0) is 17.3. The monoisotopic (exact) mass is 344 g/mol. The van der Waals surface area contributed by atoms with Crippen molar-refractivity contribution in [2.24, 2.45) is 0 Å². The number of aryl methyl sites for hydroxylation is 1. The molecule has 0 saturated heterocycles. The van der Waals surface area contributed by atoms with E-state index in [2.05, 4.69) is 5.10 Å². The molecule has 0 fully saturated rings. The Morgan fingerprint density at radius 2 is 1.58 bits per heavy atom. The molecule has 0 amide bonds. The predicted octanol–water partition coefficient (Wildman–Crippen LogP) is 3.78. The summed E-state index contributed by atoms with van der Waals surface area (Å²) in [5.74, 6) is -0.291. The molecule has 3 aromatic rings. The third-order valence-corrected chi connectivity index (χ3v) is 4.93. The molecule has 0 radical (unpaired) electrons. The average molecular weight is 344 g/mol. The minimum absolute atomic E-state index is 0.268. The van der Waals surface area contributed by atoms with Gasteiger partial charge in [0.2, 0.25) is 0 Å². The van der Waals surface area contributed by atoms with Gasteiger partial charge in [-0.25, -0.2) is 12.8 Å². The van der Waals surface area contributed by atoms with Crippen LogP contribution in [0.3, 0.4) is 0 Å². The molecule has 0 aliphatic carbocycles. The Morgan fingerprint density at radius 3 is 2.12 bits per heavy atom. The number of nitrogens with zero attached hydrogens (tertiary/aromatic N) is 2. The zero-order valence-electron chi connectivity index (χ0n) is 13.4. The molecule has 24 heavy (non-hydrogen) atoms. The summed E-state index contributed by atoms with van der Waals surface area (Å²) in [6, 6.07) is 12.9. The van der Waals surface area contributed by atoms with Crippen molar-refractivity contribution >= 4 is 9.84 Å². The highest BCUT2D eigenvalue weighted by atomic mass is 32.2. The van der Waals surface area contributed by atoms with Crippen LogP contribution in [0.15, 0.2) is 59.6 Å². The van der Waals surface area contributed by atoms with E-state index in [-0.39, 0.29) is 10.7 Å². The fraction of sp³-hybridized carbons (Fsp3) is 0.167. The zero-order valence-corrected chi connectivity index (χ0v) is 14.2. The summed E-state index contributed by atoms with van der Waals surface area (Å²) in [6.45, 7) is 2.69. The number of hydrogen-bond acceptors (Lipinski definition) is 3. The van der Waals surface area contributed by atoms with Crippen molar-refractivity contribution in [3.8, 4) is 22.4 Å². The van der Waals surface area contributed by atoms with Crippen LogP contribution in [0.25, 0.3) is 22.4 Å². The van der Waals surface area contributed by atoms with Crippen molar-refractivity contribution in [3.63, 3.8) is 0 Å². The van der Waals surface area contributed by atoms with E-state index in [1.807, 2.05) is 13.1 Å². The molecular weight excluding hydrogens is 327 g/mol. The highest BCUT2D eigenvalue weighted by Crippen LogP contribution is 2.31. The van der Waals surface area contributed by atoms with Gasteiger partial charge >= 0.3 is 0 Å². The Morgan fingerprint density at radius 1 is 1.00 bits per heavy atom. The van der Waals surface area contributed by atoms with E-state index in [1.54, 1.807) is 41.1 Å². The molecule has 0 unspecified atom stereocenters. The first kappa shape index (κ1) is 16.4. The largest absolute Gasteiger partial charge is 0.272 e. The van der Waals surface area contributed by atoms with Gasteiger partial charge < -0.3 is 0 Å². The van der Waals surface area contributed by atoms with Gasteiger partial charge in [0.25, 0.3) is 0 Å². The Hall–Kier alpha value is -2.47. The van der Waals surface area contributed by atoms with Crippen molar-refractivity contribution in [2.75, 3.05) is 6.26 Å². The van der Waals surface area contributed by atoms with Crippen LogP contribution in [0, 0.1) is 5.82 Å². The van der Waals surface area contributed by atoms with Gasteiger partial charge in [0.05, 0.1) is 4.90 Å². The molecular formula is C18H17FN2O2S. The van der Waals surface area contributed by atoms with Gasteiger partial charge in [-0.15, -0.1) is 0 Å². The number of aromatic nitrogens is 2. The van der Waals surface area contributed by atoms with Gasteiger partial charge in [0.15, 0.2) is 9.84 Å². The maximum atomic E-state index is 13.2. The third-order valence-electron chi connectivity index (χ3n) is 3.80. The fourth-order valence-electron chi connectivity index (χ4n) is 2.50. The topological polar surface area (TPSA) is 52.0 Å². The van der Waals surface area contributed by atoms with Crippen LogP contribution in [-0.2, 0) is 16.4 Å². The van der Waals surface area contributed by atoms with Crippen LogP contribution in [0.5, 0.6) is 0 Å². The molecule has 124 valence electrons. The molecule has 6 heteroatoms. The van der Waals surface area contributed by atoms with Gasteiger partial charge in [-0.3, -0.25) is 4.68 Å². The molecule has 1 aromatic heterocycles. The number of halogens is 1. The van der Waals surface area contributed by atoms with Crippen LogP contribution >= 0.6 is 0 Å². The molecule has 0 bridgehead atoms. The molecule has 2 aromatic carbocycles. The predicted molar refractivity (Wildman–Crippen MR) is 91.8 cm³/mol. The lowest BCUT2D eigenvalue weighted by molar-refractivity contribution is 0.602. The normalized spacial score (nSPS) is 11.6. The van der Waals surface area contributed by atoms with Gasteiger partial charge in [-0.05, 0) is 36.8 Å². The van der Waals surface area contributed by atoms with E-state index >= 15 is 0 Å². The number of rotatable bonds is 4. The van der Waals surface area contributed by atoms with Crippen molar-refractivity contribution in [1.82, 2.24) is 9.78 Å². The summed E-state index contributed by atoms with van der Waals surface area (Å²) < 4.78 is 38.2.